The average Bonchev–Trinajstić information content (AvgIpc) is 2.18. The maximum atomic E-state index is 13.0. The molecule has 88 valence electrons. The molecule has 0 aliphatic rings. The fourth-order valence-corrected chi connectivity index (χ4v) is 1.03. The predicted octanol–water partition coefficient (Wildman–Crippen LogP) is 2.77. The highest BCUT2D eigenvalue weighted by Crippen LogP contribution is 2.32. The smallest absolute Gasteiger partial charge is 0.419 e. The number of rotatable bonds is 1. The van der Waals surface area contributed by atoms with Crippen molar-refractivity contribution >= 4 is 5.97 Å². The second-order valence-corrected chi connectivity index (χ2v) is 2.80. The van der Waals surface area contributed by atoms with Crippen molar-refractivity contribution in [2.24, 2.45) is 0 Å². The lowest BCUT2D eigenvalue weighted by atomic mass is 10.1. The van der Waals surface area contributed by atoms with Crippen molar-refractivity contribution in [3.8, 4) is 0 Å². The summed E-state index contributed by atoms with van der Waals surface area (Å²) >= 11 is 0. The monoisotopic (exact) mass is 240 g/mol. The van der Waals surface area contributed by atoms with E-state index in [-0.39, 0.29) is 12.1 Å². The van der Waals surface area contributed by atoms with Gasteiger partial charge in [-0.05, 0) is 12.1 Å². The Hall–Kier alpha value is -1.66. The van der Waals surface area contributed by atoms with Gasteiger partial charge in [-0.1, -0.05) is 0 Å². The SMILES string of the molecule is COC(=O)c1cc(F)c(C(F)(F)F)cc1F. The van der Waals surface area contributed by atoms with E-state index >= 15 is 0 Å². The first-order valence-electron chi connectivity index (χ1n) is 3.92. The van der Waals surface area contributed by atoms with E-state index in [9.17, 15) is 26.7 Å². The number of halogens is 5. The van der Waals surface area contributed by atoms with Crippen LogP contribution in [0.1, 0.15) is 15.9 Å². The molecule has 0 atom stereocenters. The summed E-state index contributed by atoms with van der Waals surface area (Å²) in [5, 5.41) is 0. The van der Waals surface area contributed by atoms with Gasteiger partial charge in [0.05, 0.1) is 18.2 Å². The molecule has 0 radical (unpaired) electrons. The molecule has 0 saturated heterocycles. The number of esters is 1. The molecule has 1 rings (SSSR count). The van der Waals surface area contributed by atoms with E-state index in [1.165, 1.54) is 0 Å². The third-order valence-corrected chi connectivity index (χ3v) is 1.77. The van der Waals surface area contributed by atoms with Crippen molar-refractivity contribution in [2.75, 3.05) is 7.11 Å². The van der Waals surface area contributed by atoms with Gasteiger partial charge in [-0.3, -0.25) is 0 Å². The average molecular weight is 240 g/mol. The Labute approximate surface area is 86.6 Å². The van der Waals surface area contributed by atoms with Gasteiger partial charge in [0.15, 0.2) is 0 Å². The molecule has 7 heteroatoms. The van der Waals surface area contributed by atoms with Gasteiger partial charge in [0.1, 0.15) is 11.6 Å². The Balaban J connectivity index is 3.33. The van der Waals surface area contributed by atoms with E-state index in [2.05, 4.69) is 4.74 Å². The molecule has 0 aliphatic carbocycles. The molecule has 0 bridgehead atoms. The van der Waals surface area contributed by atoms with E-state index in [4.69, 9.17) is 0 Å². The van der Waals surface area contributed by atoms with Crippen LogP contribution < -0.4 is 0 Å². The Kier molecular flexibility index (Phi) is 3.16. The van der Waals surface area contributed by atoms with Crippen LogP contribution in [-0.2, 0) is 10.9 Å². The minimum atomic E-state index is -5.01. The molecule has 0 amide bonds. The van der Waals surface area contributed by atoms with Crippen molar-refractivity contribution in [1.29, 1.82) is 0 Å². The highest BCUT2D eigenvalue weighted by atomic mass is 19.4. The Morgan fingerprint density at radius 1 is 1.19 bits per heavy atom. The van der Waals surface area contributed by atoms with Crippen LogP contribution >= 0.6 is 0 Å². The molecule has 0 fully saturated rings. The third kappa shape index (κ3) is 2.29. The van der Waals surface area contributed by atoms with Crippen molar-refractivity contribution in [2.45, 2.75) is 6.18 Å². The molecule has 0 aromatic heterocycles. The zero-order chi connectivity index (χ0) is 12.5. The summed E-state index contributed by atoms with van der Waals surface area (Å²) in [6, 6.07) is 0.0750. The summed E-state index contributed by atoms with van der Waals surface area (Å²) in [5.41, 5.74) is -2.65. The molecule has 0 heterocycles. The number of ether oxygens (including phenoxy) is 1. The third-order valence-electron chi connectivity index (χ3n) is 1.77. The first kappa shape index (κ1) is 12.4. The number of carbonyl (C=O) groups is 1. The summed E-state index contributed by atoms with van der Waals surface area (Å²) in [6.45, 7) is 0. The standard InChI is InChI=1S/C9H5F5O2/c1-16-8(15)4-2-7(11)5(3-6(4)10)9(12,13)14/h2-3H,1H3. The highest BCUT2D eigenvalue weighted by molar-refractivity contribution is 5.89. The second kappa shape index (κ2) is 4.07. The Bertz CT molecular complexity index is 425. The quantitative estimate of drug-likeness (QED) is 0.557. The van der Waals surface area contributed by atoms with E-state index in [0.717, 1.165) is 7.11 Å². The zero-order valence-corrected chi connectivity index (χ0v) is 7.86. The molecule has 0 aliphatic heterocycles. The number of hydrogen-bond donors (Lipinski definition) is 0. The number of alkyl halides is 3. The van der Waals surface area contributed by atoms with Crippen LogP contribution in [0, 0.1) is 11.6 Å². The van der Waals surface area contributed by atoms with E-state index in [1.54, 1.807) is 0 Å². The highest BCUT2D eigenvalue weighted by Gasteiger charge is 2.35. The van der Waals surface area contributed by atoms with Crippen LogP contribution in [0.4, 0.5) is 22.0 Å². The molecule has 0 unspecified atom stereocenters. The van der Waals surface area contributed by atoms with Crippen molar-refractivity contribution < 1.29 is 31.5 Å². The molecule has 2 nitrogen and oxygen atoms in total. The predicted molar refractivity (Wildman–Crippen MR) is 42.7 cm³/mol. The minimum Gasteiger partial charge on any atom is -0.465 e. The summed E-state index contributed by atoms with van der Waals surface area (Å²) in [4.78, 5) is 10.8. The summed E-state index contributed by atoms with van der Waals surface area (Å²) in [6.07, 6.45) is -5.01. The first-order valence-corrected chi connectivity index (χ1v) is 3.92. The number of methoxy groups -OCH3 is 1. The normalized spacial score (nSPS) is 11.4. The molecule has 1 aromatic rings. The van der Waals surface area contributed by atoms with E-state index in [0.29, 0.717) is 0 Å². The minimum absolute atomic E-state index is 0.0818. The number of benzene rings is 1. The molecule has 0 N–H and O–H groups in total. The van der Waals surface area contributed by atoms with Crippen LogP contribution in [0.5, 0.6) is 0 Å². The summed E-state index contributed by atoms with van der Waals surface area (Å²) < 4.78 is 66.4. The molecule has 1 aromatic carbocycles. The molecular formula is C9H5F5O2. The molecule has 16 heavy (non-hydrogen) atoms. The van der Waals surface area contributed by atoms with Gasteiger partial charge in [0.2, 0.25) is 0 Å². The van der Waals surface area contributed by atoms with Crippen LogP contribution in [-0.4, -0.2) is 13.1 Å². The van der Waals surface area contributed by atoms with Crippen LogP contribution in [0.15, 0.2) is 12.1 Å². The number of hydrogen-bond acceptors (Lipinski definition) is 2. The Morgan fingerprint density at radius 2 is 1.75 bits per heavy atom. The lowest BCUT2D eigenvalue weighted by Crippen LogP contribution is -2.12. The summed E-state index contributed by atoms with van der Waals surface area (Å²) in [5.74, 6) is -4.46. The molecule has 0 spiro atoms. The van der Waals surface area contributed by atoms with Crippen LogP contribution in [0.2, 0.25) is 0 Å². The van der Waals surface area contributed by atoms with E-state index < -0.39 is 34.9 Å². The maximum Gasteiger partial charge on any atom is 0.419 e. The van der Waals surface area contributed by atoms with Gasteiger partial charge in [0, 0.05) is 0 Å². The molecular weight excluding hydrogens is 235 g/mol. The largest absolute Gasteiger partial charge is 0.465 e. The number of carbonyl (C=O) groups excluding carboxylic acids is 1. The maximum absolute atomic E-state index is 13.0. The van der Waals surface area contributed by atoms with Gasteiger partial charge in [-0.15, -0.1) is 0 Å². The Morgan fingerprint density at radius 3 is 2.19 bits per heavy atom. The van der Waals surface area contributed by atoms with Crippen LogP contribution in [0.25, 0.3) is 0 Å². The van der Waals surface area contributed by atoms with E-state index in [1.807, 2.05) is 0 Å². The van der Waals surface area contributed by atoms with Gasteiger partial charge >= 0.3 is 12.1 Å². The van der Waals surface area contributed by atoms with Crippen molar-refractivity contribution in [1.82, 2.24) is 0 Å². The van der Waals surface area contributed by atoms with Crippen molar-refractivity contribution in [3.63, 3.8) is 0 Å². The van der Waals surface area contributed by atoms with Gasteiger partial charge in [-0.2, -0.15) is 13.2 Å². The zero-order valence-electron chi connectivity index (χ0n) is 7.86. The van der Waals surface area contributed by atoms with Gasteiger partial charge in [0.25, 0.3) is 0 Å². The van der Waals surface area contributed by atoms with Crippen LogP contribution in [0.3, 0.4) is 0 Å². The van der Waals surface area contributed by atoms with Crippen molar-refractivity contribution in [3.05, 3.63) is 34.9 Å². The van der Waals surface area contributed by atoms with Gasteiger partial charge < -0.3 is 4.74 Å². The molecule has 0 saturated carbocycles. The van der Waals surface area contributed by atoms with Gasteiger partial charge in [-0.25, -0.2) is 13.6 Å². The summed E-state index contributed by atoms with van der Waals surface area (Å²) in [7, 11) is 0.900. The second-order valence-electron chi connectivity index (χ2n) is 2.80. The first-order chi connectivity index (χ1) is 7.27. The fraction of sp³-hybridized carbons (Fsp3) is 0.222. The lowest BCUT2D eigenvalue weighted by Gasteiger charge is -2.09. The lowest BCUT2D eigenvalue weighted by molar-refractivity contribution is -0.140. The topological polar surface area (TPSA) is 26.3 Å². The fourth-order valence-electron chi connectivity index (χ4n) is 1.03.